The van der Waals surface area contributed by atoms with Crippen molar-refractivity contribution in [2.24, 2.45) is 0 Å². The van der Waals surface area contributed by atoms with E-state index in [-0.39, 0.29) is 11.7 Å². The summed E-state index contributed by atoms with van der Waals surface area (Å²) in [6, 6.07) is 12.4. The second-order valence-electron chi connectivity index (χ2n) is 5.36. The van der Waals surface area contributed by atoms with Gasteiger partial charge < -0.3 is 0 Å². The molecule has 3 aromatic rings. The minimum Gasteiger partial charge on any atom is -0.273 e. The smallest absolute Gasteiger partial charge is 0.239 e. The predicted octanol–water partition coefficient (Wildman–Crippen LogP) is 4.62. The van der Waals surface area contributed by atoms with E-state index in [2.05, 4.69) is 28.8 Å². The highest BCUT2D eigenvalue weighted by atomic mass is 32.2. The van der Waals surface area contributed by atoms with Gasteiger partial charge in [0.1, 0.15) is 5.82 Å². The number of hydrogen-bond donors (Lipinski definition) is 2. The summed E-state index contributed by atoms with van der Waals surface area (Å²) in [6.45, 7) is 2.10. The van der Waals surface area contributed by atoms with Crippen molar-refractivity contribution < 1.29 is 9.18 Å². The van der Waals surface area contributed by atoms with Gasteiger partial charge in [-0.3, -0.25) is 15.6 Å². The molecule has 2 N–H and O–H groups in total. The van der Waals surface area contributed by atoms with Gasteiger partial charge in [-0.1, -0.05) is 30.4 Å². The molecule has 1 amide bonds. The Morgan fingerprint density at radius 2 is 2.04 bits per heavy atom. The molecule has 1 heterocycles. The van der Waals surface area contributed by atoms with Crippen LogP contribution in [0, 0.1) is 5.82 Å². The van der Waals surface area contributed by atoms with Crippen LogP contribution in [0.1, 0.15) is 18.9 Å². The first-order valence-electron chi connectivity index (χ1n) is 7.97. The zero-order valence-electron chi connectivity index (χ0n) is 13.7. The van der Waals surface area contributed by atoms with E-state index in [1.165, 1.54) is 40.8 Å². The fraction of sp³-hybridized carbons (Fsp3) is 0.222. The van der Waals surface area contributed by atoms with Gasteiger partial charge in [0.05, 0.1) is 10.2 Å². The Kier molecular flexibility index (Phi) is 5.88. The molecule has 2 aromatic carbocycles. The van der Waals surface area contributed by atoms with Crippen LogP contribution in [0.3, 0.4) is 0 Å². The number of fused-ring (bicyclic) bond motifs is 1. The summed E-state index contributed by atoms with van der Waals surface area (Å²) >= 11 is 3.03. The number of carbonyl (C=O) groups excluding carboxylic acids is 1. The number of halogens is 1. The molecule has 1 aromatic heterocycles. The molecule has 0 unspecified atom stereocenters. The first-order valence-corrected chi connectivity index (χ1v) is 9.77. The van der Waals surface area contributed by atoms with Gasteiger partial charge in [-0.15, -0.1) is 11.8 Å². The van der Waals surface area contributed by atoms with Gasteiger partial charge in [-0.05, 0) is 42.3 Å². The lowest BCUT2D eigenvalue weighted by atomic mass is 10.1. The molecule has 0 aliphatic heterocycles. The minimum absolute atomic E-state index is 0.107. The number of benzene rings is 2. The Morgan fingerprint density at radius 1 is 1.24 bits per heavy atom. The monoisotopic (exact) mass is 375 g/mol. The standard InChI is InChI=1S/C18H18FN3OS2/c1-2-12-4-3-5-15-17(12)20-18(25-15)22-21-16(23)10-11-24-14-8-6-13(19)7-9-14/h3-9H,2,10-11H2,1H3,(H,20,22)(H,21,23). The largest absolute Gasteiger partial charge is 0.273 e. The Labute approximate surface area is 153 Å². The number of amides is 1. The lowest BCUT2D eigenvalue weighted by molar-refractivity contribution is -0.120. The van der Waals surface area contributed by atoms with Crippen LogP contribution in [-0.4, -0.2) is 16.6 Å². The van der Waals surface area contributed by atoms with E-state index < -0.39 is 0 Å². The molecule has 7 heteroatoms. The Morgan fingerprint density at radius 3 is 2.80 bits per heavy atom. The highest BCUT2D eigenvalue weighted by molar-refractivity contribution is 7.99. The van der Waals surface area contributed by atoms with Crippen LogP contribution in [0.2, 0.25) is 0 Å². The zero-order chi connectivity index (χ0) is 17.6. The van der Waals surface area contributed by atoms with Crippen molar-refractivity contribution in [3.05, 3.63) is 53.8 Å². The molecule has 130 valence electrons. The van der Waals surface area contributed by atoms with Gasteiger partial charge in [0, 0.05) is 17.1 Å². The van der Waals surface area contributed by atoms with Gasteiger partial charge in [-0.2, -0.15) is 0 Å². The first-order chi connectivity index (χ1) is 12.2. The Hall–Kier alpha value is -2.12. The number of thiazole rings is 1. The van der Waals surface area contributed by atoms with E-state index in [0.717, 1.165) is 21.5 Å². The Bertz CT molecular complexity index is 864. The normalized spacial score (nSPS) is 10.8. The van der Waals surface area contributed by atoms with Crippen molar-refractivity contribution in [2.75, 3.05) is 11.2 Å². The Balaban J connectivity index is 1.48. The molecule has 0 radical (unpaired) electrons. The van der Waals surface area contributed by atoms with Crippen molar-refractivity contribution in [1.29, 1.82) is 0 Å². The van der Waals surface area contributed by atoms with Crippen molar-refractivity contribution >= 4 is 44.4 Å². The molecular formula is C18H18FN3OS2. The number of carbonyl (C=O) groups is 1. The number of thioether (sulfide) groups is 1. The highest BCUT2D eigenvalue weighted by Gasteiger charge is 2.08. The third-order valence-corrected chi connectivity index (χ3v) is 5.55. The summed E-state index contributed by atoms with van der Waals surface area (Å²) in [7, 11) is 0. The van der Waals surface area contributed by atoms with Crippen molar-refractivity contribution in [3.63, 3.8) is 0 Å². The molecule has 0 fully saturated rings. The minimum atomic E-state index is -0.256. The maximum absolute atomic E-state index is 12.8. The molecular weight excluding hydrogens is 357 g/mol. The average molecular weight is 375 g/mol. The number of nitrogens with zero attached hydrogens (tertiary/aromatic N) is 1. The van der Waals surface area contributed by atoms with Crippen molar-refractivity contribution in [2.45, 2.75) is 24.7 Å². The number of rotatable bonds is 7. The van der Waals surface area contributed by atoms with Gasteiger partial charge >= 0.3 is 0 Å². The molecule has 25 heavy (non-hydrogen) atoms. The fourth-order valence-corrected chi connectivity index (χ4v) is 4.04. The van der Waals surface area contributed by atoms with Crippen LogP contribution in [-0.2, 0) is 11.2 Å². The van der Waals surface area contributed by atoms with Crippen LogP contribution in [0.5, 0.6) is 0 Å². The molecule has 0 atom stereocenters. The SMILES string of the molecule is CCc1cccc2sc(NNC(=O)CCSc3ccc(F)cc3)nc12. The molecule has 0 bridgehead atoms. The summed E-state index contributed by atoms with van der Waals surface area (Å²) in [5.74, 6) is 0.261. The summed E-state index contributed by atoms with van der Waals surface area (Å²) in [5.41, 5.74) is 7.75. The number of hydrazine groups is 1. The second kappa shape index (κ2) is 8.31. The topological polar surface area (TPSA) is 54.0 Å². The van der Waals surface area contributed by atoms with E-state index in [1.54, 1.807) is 12.1 Å². The number of nitrogens with one attached hydrogen (secondary N) is 2. The van der Waals surface area contributed by atoms with E-state index in [9.17, 15) is 9.18 Å². The van der Waals surface area contributed by atoms with Crippen LogP contribution < -0.4 is 10.9 Å². The highest BCUT2D eigenvalue weighted by Crippen LogP contribution is 2.28. The number of aromatic nitrogens is 1. The summed E-state index contributed by atoms with van der Waals surface area (Å²) in [6.07, 6.45) is 1.29. The summed E-state index contributed by atoms with van der Waals surface area (Å²) in [5, 5.41) is 0.676. The van der Waals surface area contributed by atoms with Crippen LogP contribution >= 0.6 is 23.1 Å². The van der Waals surface area contributed by atoms with E-state index in [1.807, 2.05) is 12.1 Å². The number of para-hydroxylation sites is 1. The van der Waals surface area contributed by atoms with Crippen LogP contribution in [0.25, 0.3) is 10.2 Å². The number of aryl methyl sites for hydroxylation is 1. The van der Waals surface area contributed by atoms with Gasteiger partial charge in [0.25, 0.3) is 0 Å². The third-order valence-electron chi connectivity index (χ3n) is 3.60. The molecule has 0 saturated carbocycles. The lowest BCUT2D eigenvalue weighted by Gasteiger charge is -2.05. The van der Waals surface area contributed by atoms with Gasteiger partial charge in [-0.25, -0.2) is 9.37 Å². The number of anilines is 1. The maximum Gasteiger partial charge on any atom is 0.239 e. The molecule has 0 spiro atoms. The molecule has 0 saturated heterocycles. The van der Waals surface area contributed by atoms with Crippen LogP contribution in [0.4, 0.5) is 9.52 Å². The quantitative estimate of drug-likeness (QED) is 0.467. The predicted molar refractivity (Wildman–Crippen MR) is 103 cm³/mol. The van der Waals surface area contributed by atoms with Crippen molar-refractivity contribution in [3.8, 4) is 0 Å². The van der Waals surface area contributed by atoms with Crippen molar-refractivity contribution in [1.82, 2.24) is 10.4 Å². The number of hydrogen-bond acceptors (Lipinski definition) is 5. The zero-order valence-corrected chi connectivity index (χ0v) is 15.3. The molecule has 0 aliphatic carbocycles. The molecule has 4 nitrogen and oxygen atoms in total. The summed E-state index contributed by atoms with van der Waals surface area (Å²) < 4.78 is 13.9. The van der Waals surface area contributed by atoms with E-state index >= 15 is 0 Å². The third kappa shape index (κ3) is 4.70. The average Bonchev–Trinajstić information content (AvgIpc) is 3.04. The van der Waals surface area contributed by atoms with Gasteiger partial charge in [0.15, 0.2) is 0 Å². The van der Waals surface area contributed by atoms with Gasteiger partial charge in [0.2, 0.25) is 11.0 Å². The van der Waals surface area contributed by atoms with Crippen LogP contribution in [0.15, 0.2) is 47.4 Å². The first kappa shape index (κ1) is 17.7. The lowest BCUT2D eigenvalue weighted by Crippen LogP contribution is -2.29. The van der Waals surface area contributed by atoms with E-state index in [0.29, 0.717) is 17.3 Å². The molecule has 3 rings (SSSR count). The summed E-state index contributed by atoms with van der Waals surface area (Å²) in [4.78, 5) is 17.4. The molecule has 0 aliphatic rings. The second-order valence-corrected chi connectivity index (χ2v) is 7.56. The maximum atomic E-state index is 12.8. The van der Waals surface area contributed by atoms with E-state index in [4.69, 9.17) is 0 Å². The fourth-order valence-electron chi connectivity index (χ4n) is 2.32.